The van der Waals surface area contributed by atoms with Crippen LogP contribution in [0.5, 0.6) is 0 Å². The maximum absolute atomic E-state index is 2.49. The number of benzene rings is 1. The lowest BCUT2D eigenvalue weighted by atomic mass is 10.1. The summed E-state index contributed by atoms with van der Waals surface area (Å²) in [5.41, 5.74) is 4.34. The van der Waals surface area contributed by atoms with Crippen LogP contribution in [0.3, 0.4) is 0 Å². The standard InChI is InChI=1S/C16H21NS/c1-4-17(10-15-8-6-5-7-9-15)11-16-12-18-14(3)13(16)2/h5-9,12H,4,10-11H2,1-3H3. The molecule has 1 nitrogen and oxygen atoms in total. The van der Waals surface area contributed by atoms with E-state index in [4.69, 9.17) is 0 Å². The van der Waals surface area contributed by atoms with Crippen molar-refractivity contribution in [2.75, 3.05) is 6.54 Å². The molecule has 2 aromatic rings. The minimum atomic E-state index is 1.03. The van der Waals surface area contributed by atoms with Crippen LogP contribution in [0.4, 0.5) is 0 Å². The van der Waals surface area contributed by atoms with Crippen LogP contribution in [0.25, 0.3) is 0 Å². The van der Waals surface area contributed by atoms with Crippen molar-refractivity contribution in [3.05, 3.63) is 57.3 Å². The van der Waals surface area contributed by atoms with Crippen LogP contribution in [0.1, 0.15) is 28.5 Å². The number of thiophene rings is 1. The molecule has 0 aliphatic heterocycles. The monoisotopic (exact) mass is 259 g/mol. The van der Waals surface area contributed by atoms with Gasteiger partial charge in [-0.15, -0.1) is 11.3 Å². The zero-order chi connectivity index (χ0) is 13.0. The van der Waals surface area contributed by atoms with Crippen LogP contribution in [0, 0.1) is 13.8 Å². The molecule has 0 atom stereocenters. The molecule has 0 aliphatic rings. The predicted octanol–water partition coefficient (Wildman–Crippen LogP) is 4.39. The van der Waals surface area contributed by atoms with E-state index >= 15 is 0 Å². The Balaban J connectivity index is 2.04. The van der Waals surface area contributed by atoms with Gasteiger partial charge >= 0.3 is 0 Å². The van der Waals surface area contributed by atoms with Gasteiger partial charge in [-0.1, -0.05) is 37.3 Å². The lowest BCUT2D eigenvalue weighted by Gasteiger charge is -2.20. The van der Waals surface area contributed by atoms with Crippen molar-refractivity contribution < 1.29 is 0 Å². The summed E-state index contributed by atoms with van der Waals surface area (Å²) in [6.07, 6.45) is 0. The second-order valence-corrected chi connectivity index (χ2v) is 5.81. The quantitative estimate of drug-likeness (QED) is 0.770. The molecule has 0 unspecified atom stereocenters. The van der Waals surface area contributed by atoms with Gasteiger partial charge in [0.05, 0.1) is 0 Å². The highest BCUT2D eigenvalue weighted by Gasteiger charge is 2.09. The first-order chi connectivity index (χ1) is 8.70. The lowest BCUT2D eigenvalue weighted by Crippen LogP contribution is -2.22. The first kappa shape index (κ1) is 13.3. The second-order valence-electron chi connectivity index (χ2n) is 4.73. The Morgan fingerprint density at radius 1 is 1.06 bits per heavy atom. The first-order valence-corrected chi connectivity index (χ1v) is 7.38. The molecule has 1 aromatic carbocycles. The van der Waals surface area contributed by atoms with Crippen LogP contribution in [-0.4, -0.2) is 11.4 Å². The van der Waals surface area contributed by atoms with Gasteiger partial charge in [0.2, 0.25) is 0 Å². The molecule has 18 heavy (non-hydrogen) atoms. The molecule has 0 saturated carbocycles. The molecule has 2 heteroatoms. The van der Waals surface area contributed by atoms with Crippen molar-refractivity contribution in [2.24, 2.45) is 0 Å². The molecule has 0 saturated heterocycles. The highest BCUT2D eigenvalue weighted by molar-refractivity contribution is 7.10. The SMILES string of the molecule is CCN(Cc1ccccc1)Cc1csc(C)c1C. The van der Waals surface area contributed by atoms with Gasteiger partial charge in [0.25, 0.3) is 0 Å². The number of rotatable bonds is 5. The van der Waals surface area contributed by atoms with Crippen LogP contribution < -0.4 is 0 Å². The van der Waals surface area contributed by atoms with Gasteiger partial charge in [-0.05, 0) is 42.5 Å². The Bertz CT molecular complexity index is 487. The van der Waals surface area contributed by atoms with Crippen LogP contribution >= 0.6 is 11.3 Å². The van der Waals surface area contributed by atoms with E-state index in [0.717, 1.165) is 19.6 Å². The Labute approximate surface area is 114 Å². The number of hydrogen-bond acceptors (Lipinski definition) is 2. The molecular weight excluding hydrogens is 238 g/mol. The zero-order valence-electron chi connectivity index (χ0n) is 11.4. The minimum Gasteiger partial charge on any atom is -0.295 e. The molecule has 0 aliphatic carbocycles. The third kappa shape index (κ3) is 3.21. The predicted molar refractivity (Wildman–Crippen MR) is 80.0 cm³/mol. The van der Waals surface area contributed by atoms with Crippen LogP contribution in [0.2, 0.25) is 0 Å². The summed E-state index contributed by atoms with van der Waals surface area (Å²) in [7, 11) is 0. The summed E-state index contributed by atoms with van der Waals surface area (Å²) in [6, 6.07) is 10.7. The van der Waals surface area contributed by atoms with E-state index in [1.807, 2.05) is 11.3 Å². The minimum absolute atomic E-state index is 1.03. The van der Waals surface area contributed by atoms with E-state index in [9.17, 15) is 0 Å². The Morgan fingerprint density at radius 2 is 1.78 bits per heavy atom. The van der Waals surface area contributed by atoms with E-state index < -0.39 is 0 Å². The van der Waals surface area contributed by atoms with Gasteiger partial charge in [0, 0.05) is 18.0 Å². The fourth-order valence-electron chi connectivity index (χ4n) is 2.08. The summed E-state index contributed by atoms with van der Waals surface area (Å²) < 4.78 is 0. The van der Waals surface area contributed by atoms with Gasteiger partial charge < -0.3 is 0 Å². The second kappa shape index (κ2) is 6.17. The van der Waals surface area contributed by atoms with Gasteiger partial charge in [-0.25, -0.2) is 0 Å². The largest absolute Gasteiger partial charge is 0.295 e. The average Bonchev–Trinajstić information content (AvgIpc) is 2.71. The molecule has 0 amide bonds. The van der Waals surface area contributed by atoms with E-state index in [-0.39, 0.29) is 0 Å². The van der Waals surface area contributed by atoms with E-state index in [0.29, 0.717) is 0 Å². The third-order valence-corrected chi connectivity index (χ3v) is 4.54. The van der Waals surface area contributed by atoms with Crippen molar-refractivity contribution in [2.45, 2.75) is 33.9 Å². The molecule has 1 aromatic heterocycles. The molecule has 0 N–H and O–H groups in total. The van der Waals surface area contributed by atoms with Gasteiger partial charge in [0.1, 0.15) is 0 Å². The Morgan fingerprint density at radius 3 is 2.33 bits per heavy atom. The average molecular weight is 259 g/mol. The molecule has 96 valence electrons. The number of aryl methyl sites for hydroxylation is 1. The summed E-state index contributed by atoms with van der Waals surface area (Å²) in [5.74, 6) is 0. The summed E-state index contributed by atoms with van der Waals surface area (Å²) in [5, 5.41) is 2.30. The molecule has 0 spiro atoms. The van der Waals surface area contributed by atoms with Crippen LogP contribution in [0.15, 0.2) is 35.7 Å². The van der Waals surface area contributed by atoms with E-state index in [1.165, 1.54) is 21.6 Å². The van der Waals surface area contributed by atoms with Gasteiger partial charge in [-0.2, -0.15) is 0 Å². The first-order valence-electron chi connectivity index (χ1n) is 6.50. The molecule has 2 rings (SSSR count). The maximum Gasteiger partial charge on any atom is 0.0248 e. The Hall–Kier alpha value is -1.12. The zero-order valence-corrected chi connectivity index (χ0v) is 12.3. The van der Waals surface area contributed by atoms with E-state index in [2.05, 4.69) is 61.4 Å². The third-order valence-electron chi connectivity index (χ3n) is 3.48. The summed E-state index contributed by atoms with van der Waals surface area (Å²) in [4.78, 5) is 3.94. The summed E-state index contributed by atoms with van der Waals surface area (Å²) in [6.45, 7) is 9.85. The fourth-order valence-corrected chi connectivity index (χ4v) is 2.96. The fraction of sp³-hybridized carbons (Fsp3) is 0.375. The van der Waals surface area contributed by atoms with Crippen molar-refractivity contribution in [3.8, 4) is 0 Å². The van der Waals surface area contributed by atoms with Crippen molar-refractivity contribution >= 4 is 11.3 Å². The smallest absolute Gasteiger partial charge is 0.0248 e. The Kier molecular flexibility index (Phi) is 4.56. The molecule has 1 heterocycles. The van der Waals surface area contributed by atoms with Gasteiger partial charge in [-0.3, -0.25) is 4.90 Å². The molecule has 0 bridgehead atoms. The topological polar surface area (TPSA) is 3.24 Å². The molecule has 0 fully saturated rings. The van der Waals surface area contributed by atoms with Gasteiger partial charge in [0.15, 0.2) is 0 Å². The lowest BCUT2D eigenvalue weighted by molar-refractivity contribution is 0.271. The highest BCUT2D eigenvalue weighted by Crippen LogP contribution is 2.22. The number of nitrogens with zero attached hydrogens (tertiary/aromatic N) is 1. The van der Waals surface area contributed by atoms with Crippen molar-refractivity contribution in [3.63, 3.8) is 0 Å². The maximum atomic E-state index is 2.49. The molecular formula is C16H21NS. The normalized spacial score (nSPS) is 11.1. The van der Waals surface area contributed by atoms with Crippen molar-refractivity contribution in [1.29, 1.82) is 0 Å². The highest BCUT2D eigenvalue weighted by atomic mass is 32.1. The van der Waals surface area contributed by atoms with Crippen molar-refractivity contribution in [1.82, 2.24) is 4.90 Å². The number of hydrogen-bond donors (Lipinski definition) is 0. The molecule has 0 radical (unpaired) electrons. The van der Waals surface area contributed by atoms with Crippen LogP contribution in [-0.2, 0) is 13.1 Å². The summed E-state index contributed by atoms with van der Waals surface area (Å²) >= 11 is 1.86. The van der Waals surface area contributed by atoms with E-state index in [1.54, 1.807) is 0 Å².